The fraction of sp³-hybridized carbons (Fsp3) is 0.667. The van der Waals surface area contributed by atoms with Crippen LogP contribution < -0.4 is 10.3 Å². The van der Waals surface area contributed by atoms with Crippen molar-refractivity contribution in [3.8, 4) is 0 Å². The maximum absolute atomic E-state index is 11.4. The van der Waals surface area contributed by atoms with Gasteiger partial charge in [0.15, 0.2) is 5.72 Å². The molecule has 0 aliphatic carbocycles. The van der Waals surface area contributed by atoms with E-state index in [1.165, 1.54) is 0 Å². The van der Waals surface area contributed by atoms with Gasteiger partial charge in [0, 0.05) is 10.9 Å². The predicted octanol–water partition coefficient (Wildman–Crippen LogP) is -1.05. The summed E-state index contributed by atoms with van der Waals surface area (Å²) in [5.41, 5.74) is 0.885. The van der Waals surface area contributed by atoms with Crippen LogP contribution in [-0.2, 0) is 23.6 Å². The van der Waals surface area contributed by atoms with Crippen molar-refractivity contribution in [3.63, 3.8) is 0 Å². The Labute approximate surface area is 90.3 Å². The number of aromatic nitrogens is 3. The highest BCUT2D eigenvalue weighted by Gasteiger charge is 2.23. The summed E-state index contributed by atoms with van der Waals surface area (Å²) < 4.78 is 8.50. The third-order valence-corrected chi connectivity index (χ3v) is 2.15. The molecule has 0 spiro atoms. The van der Waals surface area contributed by atoms with Gasteiger partial charge >= 0.3 is 5.97 Å². The van der Waals surface area contributed by atoms with Gasteiger partial charge in [0.05, 0.1) is 20.7 Å². The minimum absolute atomic E-state index is 0.210. The Morgan fingerprint density at radius 3 is 2.93 bits per heavy atom. The van der Waals surface area contributed by atoms with E-state index in [4.69, 9.17) is 4.74 Å². The van der Waals surface area contributed by atoms with Crippen LogP contribution in [0, 0.1) is 0 Å². The molecule has 0 amide bonds. The average molecular weight is 209 g/mol. The van der Waals surface area contributed by atoms with Crippen molar-refractivity contribution < 1.29 is 14.1 Å². The summed E-state index contributed by atoms with van der Waals surface area (Å²) in [5.74, 6) is -0.467. The molecule has 1 heterocycles. The van der Waals surface area contributed by atoms with Crippen LogP contribution in [0.3, 0.4) is 0 Å². The van der Waals surface area contributed by atoms with Crippen molar-refractivity contribution in [1.29, 1.82) is 0 Å². The van der Waals surface area contributed by atoms with Gasteiger partial charge in [0.2, 0.25) is 0 Å². The van der Waals surface area contributed by atoms with Gasteiger partial charge in [-0.15, -0.1) is 4.68 Å². The molecule has 0 saturated carbocycles. The van der Waals surface area contributed by atoms with Gasteiger partial charge < -0.3 is 4.74 Å². The predicted molar refractivity (Wildman–Crippen MR) is 55.8 cm³/mol. The molecule has 0 bridgehead atoms. The van der Waals surface area contributed by atoms with Crippen molar-refractivity contribution in [2.45, 2.75) is 19.7 Å². The Kier molecular flexibility index (Phi) is 3.88. The molecule has 0 aliphatic rings. The van der Waals surface area contributed by atoms with Crippen LogP contribution in [0.1, 0.15) is 13.8 Å². The van der Waals surface area contributed by atoms with Gasteiger partial charge in [0.25, 0.3) is 13.6 Å². The Bertz CT molecular complexity index is 332. The summed E-state index contributed by atoms with van der Waals surface area (Å²) in [4.78, 5) is 11.4. The van der Waals surface area contributed by atoms with Crippen molar-refractivity contribution in [2.75, 3.05) is 6.61 Å². The molecular weight excluding hydrogens is 193 g/mol. The molecule has 0 fully saturated rings. The van der Waals surface area contributed by atoms with E-state index >= 15 is 0 Å². The smallest absolute Gasteiger partial charge is 0.301 e. The van der Waals surface area contributed by atoms with Crippen LogP contribution in [0.15, 0.2) is 6.33 Å². The molecule has 1 radical (unpaired) electrons. The van der Waals surface area contributed by atoms with Crippen LogP contribution in [0.5, 0.6) is 0 Å². The number of esters is 1. The number of hydrogen-bond acceptors (Lipinski definition) is 3. The summed E-state index contributed by atoms with van der Waals surface area (Å²) in [7, 11) is 5.56. The second-order valence-electron chi connectivity index (χ2n) is 3.43. The standard InChI is InChI=1S/C9H16BN3O2/c1-5-15-8(14)7(2)10-9-12(3)6-11-13(9)4/h6-7H,5H2,1-4H3/q+1. The number of hydrogen-bond donors (Lipinski definition) is 0. The number of aryl methyl sites for hydroxylation is 2. The van der Waals surface area contributed by atoms with Gasteiger partial charge in [-0.3, -0.25) is 4.79 Å². The highest BCUT2D eigenvalue weighted by Crippen LogP contribution is 2.02. The van der Waals surface area contributed by atoms with E-state index in [2.05, 4.69) is 5.10 Å². The molecule has 0 aliphatic heterocycles. The van der Waals surface area contributed by atoms with Crippen molar-refractivity contribution in [3.05, 3.63) is 6.33 Å². The lowest BCUT2D eigenvalue weighted by Gasteiger charge is -2.07. The molecule has 1 unspecified atom stereocenters. The largest absolute Gasteiger partial charge is 0.466 e. The summed E-state index contributed by atoms with van der Waals surface area (Å²) in [6.07, 6.45) is 1.70. The first-order valence-electron chi connectivity index (χ1n) is 4.95. The van der Waals surface area contributed by atoms with Gasteiger partial charge in [-0.25, -0.2) is 4.57 Å². The topological polar surface area (TPSA) is 48.0 Å². The first-order valence-corrected chi connectivity index (χ1v) is 4.95. The van der Waals surface area contributed by atoms with Gasteiger partial charge in [-0.1, -0.05) is 6.92 Å². The first-order chi connectivity index (χ1) is 7.06. The van der Waals surface area contributed by atoms with E-state index < -0.39 is 0 Å². The maximum Gasteiger partial charge on any atom is 0.301 e. The molecule has 15 heavy (non-hydrogen) atoms. The summed E-state index contributed by atoms with van der Waals surface area (Å²) in [6, 6.07) is 0. The number of carbonyl (C=O) groups is 1. The minimum Gasteiger partial charge on any atom is -0.466 e. The summed E-state index contributed by atoms with van der Waals surface area (Å²) in [6.45, 7) is 4.02. The highest BCUT2D eigenvalue weighted by atomic mass is 16.5. The van der Waals surface area contributed by atoms with Gasteiger partial charge in [-0.05, 0) is 6.92 Å². The Morgan fingerprint density at radius 1 is 1.80 bits per heavy atom. The maximum atomic E-state index is 11.4. The second kappa shape index (κ2) is 4.95. The van der Waals surface area contributed by atoms with E-state index in [9.17, 15) is 4.79 Å². The van der Waals surface area contributed by atoms with Crippen LogP contribution in [0.4, 0.5) is 0 Å². The normalized spacial score (nSPS) is 12.3. The zero-order valence-corrected chi connectivity index (χ0v) is 9.60. The van der Waals surface area contributed by atoms with Crippen molar-refractivity contribution >= 4 is 19.0 Å². The number of carbonyl (C=O) groups excluding carboxylic acids is 1. The Hall–Kier alpha value is -1.33. The average Bonchev–Trinajstić information content (AvgIpc) is 2.49. The lowest BCUT2D eigenvalue weighted by atomic mass is 9.64. The second-order valence-corrected chi connectivity index (χ2v) is 3.43. The fourth-order valence-corrected chi connectivity index (χ4v) is 1.29. The molecule has 0 aromatic carbocycles. The molecule has 81 valence electrons. The van der Waals surface area contributed by atoms with E-state index in [-0.39, 0.29) is 11.8 Å². The number of ether oxygens (including phenoxy) is 1. The van der Waals surface area contributed by atoms with E-state index in [1.54, 1.807) is 17.9 Å². The van der Waals surface area contributed by atoms with Crippen molar-refractivity contribution in [1.82, 2.24) is 9.78 Å². The summed E-state index contributed by atoms with van der Waals surface area (Å²) in [5, 5.41) is 4.07. The van der Waals surface area contributed by atoms with E-state index in [0.29, 0.717) is 6.61 Å². The monoisotopic (exact) mass is 209 g/mol. The molecule has 1 aromatic heterocycles. The van der Waals surface area contributed by atoms with Crippen LogP contribution in [0.2, 0.25) is 5.82 Å². The number of nitrogens with zero attached hydrogens (tertiary/aromatic N) is 3. The molecule has 1 atom stereocenters. The lowest BCUT2D eigenvalue weighted by Crippen LogP contribution is -2.51. The molecule has 0 N–H and O–H groups in total. The minimum atomic E-state index is -0.258. The first kappa shape index (κ1) is 11.7. The SMILES string of the molecule is CCOC(=O)C(C)[B]c1n(C)nc[n+]1C. The zero-order chi connectivity index (χ0) is 11.4. The molecule has 0 saturated heterocycles. The van der Waals surface area contributed by atoms with E-state index in [1.807, 2.05) is 32.9 Å². The van der Waals surface area contributed by atoms with Crippen LogP contribution in [-0.4, -0.2) is 29.6 Å². The molecular formula is C9H16BN3O2+. The molecule has 1 aromatic rings. The van der Waals surface area contributed by atoms with Crippen LogP contribution >= 0.6 is 0 Å². The quantitative estimate of drug-likeness (QED) is 0.361. The van der Waals surface area contributed by atoms with Crippen LogP contribution in [0.25, 0.3) is 0 Å². The molecule has 1 rings (SSSR count). The summed E-state index contributed by atoms with van der Waals surface area (Å²) >= 11 is 0. The number of rotatable bonds is 4. The lowest BCUT2D eigenvalue weighted by molar-refractivity contribution is -0.654. The molecule has 5 nitrogen and oxygen atoms in total. The van der Waals surface area contributed by atoms with Gasteiger partial charge in [-0.2, -0.15) is 0 Å². The highest BCUT2D eigenvalue weighted by molar-refractivity contribution is 6.56. The zero-order valence-electron chi connectivity index (χ0n) is 9.60. The third-order valence-electron chi connectivity index (χ3n) is 2.15. The molecule has 6 heteroatoms. The third kappa shape index (κ3) is 2.81. The Balaban J connectivity index is 2.66. The fourth-order valence-electron chi connectivity index (χ4n) is 1.29. The van der Waals surface area contributed by atoms with Crippen molar-refractivity contribution in [2.24, 2.45) is 14.1 Å². The Morgan fingerprint density at radius 2 is 2.47 bits per heavy atom. The van der Waals surface area contributed by atoms with Gasteiger partial charge in [0.1, 0.15) is 0 Å². The van der Waals surface area contributed by atoms with E-state index in [0.717, 1.165) is 5.72 Å².